The molecule has 1 heterocycles. The minimum atomic E-state index is -4.78. The third kappa shape index (κ3) is 3.42. The van der Waals surface area contributed by atoms with E-state index in [1.165, 1.54) is 18.2 Å². The van der Waals surface area contributed by atoms with Crippen LogP contribution in [0.5, 0.6) is 5.75 Å². The van der Waals surface area contributed by atoms with Crippen molar-refractivity contribution in [1.29, 1.82) is 0 Å². The van der Waals surface area contributed by atoms with E-state index in [4.69, 9.17) is 5.73 Å². The number of nitrogens with two attached hydrogens (primary N) is 1. The van der Waals surface area contributed by atoms with E-state index in [-0.39, 0.29) is 23.0 Å². The van der Waals surface area contributed by atoms with E-state index in [1.54, 1.807) is 13.0 Å². The second-order valence-electron chi connectivity index (χ2n) is 4.40. The van der Waals surface area contributed by atoms with Crippen molar-refractivity contribution in [2.45, 2.75) is 26.6 Å². The van der Waals surface area contributed by atoms with Crippen molar-refractivity contribution < 1.29 is 17.9 Å². The number of hydrogen-bond acceptors (Lipinski definition) is 4. The zero-order valence-corrected chi connectivity index (χ0v) is 11.5. The van der Waals surface area contributed by atoms with Crippen LogP contribution >= 0.6 is 0 Å². The molecule has 0 spiro atoms. The van der Waals surface area contributed by atoms with Crippen LogP contribution in [0.3, 0.4) is 0 Å². The molecule has 7 heteroatoms. The Kier molecular flexibility index (Phi) is 4.02. The zero-order chi connectivity index (χ0) is 15.6. The van der Waals surface area contributed by atoms with Crippen molar-refractivity contribution in [2.24, 2.45) is 0 Å². The van der Waals surface area contributed by atoms with E-state index in [0.717, 1.165) is 5.56 Å². The van der Waals surface area contributed by atoms with Crippen molar-refractivity contribution in [1.82, 2.24) is 9.97 Å². The highest BCUT2D eigenvalue weighted by molar-refractivity contribution is 5.66. The van der Waals surface area contributed by atoms with Crippen LogP contribution in [0.15, 0.2) is 24.3 Å². The monoisotopic (exact) mass is 297 g/mol. The van der Waals surface area contributed by atoms with Crippen molar-refractivity contribution in [3.63, 3.8) is 0 Å². The number of ether oxygens (including phenoxy) is 1. The molecule has 0 atom stereocenters. The molecule has 0 aliphatic rings. The number of hydrogen-bond donors (Lipinski definition) is 1. The van der Waals surface area contributed by atoms with Gasteiger partial charge in [-0.15, -0.1) is 13.2 Å². The molecule has 2 aromatic rings. The number of alkyl halides is 3. The first-order valence-corrected chi connectivity index (χ1v) is 6.30. The minimum absolute atomic E-state index is 0.120. The van der Waals surface area contributed by atoms with Gasteiger partial charge >= 0.3 is 6.36 Å². The lowest BCUT2D eigenvalue weighted by Crippen LogP contribution is -2.18. The van der Waals surface area contributed by atoms with E-state index in [9.17, 15) is 13.2 Å². The first-order chi connectivity index (χ1) is 9.81. The van der Waals surface area contributed by atoms with Gasteiger partial charge in [-0.2, -0.15) is 0 Å². The smallest absolute Gasteiger partial charge is 0.405 e. The lowest BCUT2D eigenvalue weighted by atomic mass is 10.1. The Bertz CT molecular complexity index is 656. The van der Waals surface area contributed by atoms with E-state index >= 15 is 0 Å². The Morgan fingerprint density at radius 2 is 1.86 bits per heavy atom. The lowest BCUT2D eigenvalue weighted by molar-refractivity contribution is -0.274. The van der Waals surface area contributed by atoms with Gasteiger partial charge in [-0.1, -0.05) is 19.1 Å². The summed E-state index contributed by atoms with van der Waals surface area (Å²) in [5, 5.41) is 0. The Labute approximate surface area is 119 Å². The van der Waals surface area contributed by atoms with E-state index in [0.29, 0.717) is 12.1 Å². The molecule has 112 valence electrons. The second-order valence-corrected chi connectivity index (χ2v) is 4.40. The van der Waals surface area contributed by atoms with Crippen molar-refractivity contribution in [3.8, 4) is 17.1 Å². The van der Waals surface area contributed by atoms with Gasteiger partial charge < -0.3 is 10.5 Å². The van der Waals surface area contributed by atoms with E-state index < -0.39 is 6.36 Å². The molecule has 0 fully saturated rings. The van der Waals surface area contributed by atoms with E-state index in [1.807, 2.05) is 6.92 Å². The van der Waals surface area contributed by atoms with Crippen molar-refractivity contribution in [3.05, 3.63) is 35.5 Å². The predicted octanol–water partition coefficient (Wildman–Crippen LogP) is 3.50. The molecule has 0 saturated heterocycles. The topological polar surface area (TPSA) is 61.0 Å². The normalized spacial score (nSPS) is 11.5. The fourth-order valence-electron chi connectivity index (χ4n) is 1.91. The van der Waals surface area contributed by atoms with Crippen LogP contribution < -0.4 is 10.5 Å². The molecule has 0 radical (unpaired) electrons. The Hall–Kier alpha value is -2.31. The van der Waals surface area contributed by atoms with Crippen LogP contribution in [-0.2, 0) is 6.42 Å². The minimum Gasteiger partial charge on any atom is -0.405 e. The molecule has 0 unspecified atom stereocenters. The first-order valence-electron chi connectivity index (χ1n) is 6.30. The summed E-state index contributed by atoms with van der Waals surface area (Å²) >= 11 is 0. The van der Waals surface area contributed by atoms with Gasteiger partial charge in [0, 0.05) is 11.3 Å². The van der Waals surface area contributed by atoms with Crippen molar-refractivity contribution in [2.75, 3.05) is 5.73 Å². The van der Waals surface area contributed by atoms with Crippen LogP contribution in [0.25, 0.3) is 11.4 Å². The van der Waals surface area contributed by atoms with Gasteiger partial charge in [0.1, 0.15) is 11.6 Å². The molecule has 2 rings (SSSR count). The summed E-state index contributed by atoms with van der Waals surface area (Å²) in [7, 11) is 0. The highest BCUT2D eigenvalue weighted by atomic mass is 19.4. The number of benzene rings is 1. The summed E-state index contributed by atoms with van der Waals surface area (Å²) in [6.07, 6.45) is -4.17. The van der Waals surface area contributed by atoms with Crippen LogP contribution in [0.4, 0.5) is 19.0 Å². The Morgan fingerprint density at radius 1 is 1.19 bits per heavy atom. The fraction of sp³-hybridized carbons (Fsp3) is 0.286. The maximum atomic E-state index is 12.4. The van der Waals surface area contributed by atoms with Crippen molar-refractivity contribution >= 4 is 5.82 Å². The molecular weight excluding hydrogens is 283 g/mol. The van der Waals surface area contributed by atoms with Gasteiger partial charge in [0.15, 0.2) is 5.82 Å². The zero-order valence-electron chi connectivity index (χ0n) is 11.5. The fourth-order valence-corrected chi connectivity index (χ4v) is 1.91. The number of para-hydroxylation sites is 1. The third-order valence-electron chi connectivity index (χ3n) is 2.97. The standard InChI is InChI=1S/C14H14F3N3O/c1-3-10-8(2)12(18)20-13(19-10)9-6-4-5-7-11(9)21-14(15,16)17/h4-7H,3H2,1-2H3,(H2,18,19,20). The summed E-state index contributed by atoms with van der Waals surface area (Å²) in [5.41, 5.74) is 7.37. The highest BCUT2D eigenvalue weighted by Crippen LogP contribution is 2.32. The maximum Gasteiger partial charge on any atom is 0.573 e. The van der Waals surface area contributed by atoms with Crippen LogP contribution in [-0.4, -0.2) is 16.3 Å². The molecule has 2 N–H and O–H groups in total. The van der Waals surface area contributed by atoms with Gasteiger partial charge in [0.2, 0.25) is 0 Å². The van der Waals surface area contributed by atoms with Gasteiger partial charge in [-0.3, -0.25) is 0 Å². The molecule has 1 aromatic carbocycles. The summed E-state index contributed by atoms with van der Waals surface area (Å²) in [4.78, 5) is 8.34. The van der Waals surface area contributed by atoms with E-state index in [2.05, 4.69) is 14.7 Å². The van der Waals surface area contributed by atoms with Crippen LogP contribution in [0, 0.1) is 6.92 Å². The highest BCUT2D eigenvalue weighted by Gasteiger charge is 2.32. The SMILES string of the molecule is CCc1nc(-c2ccccc2OC(F)(F)F)nc(N)c1C. The number of anilines is 1. The number of aryl methyl sites for hydroxylation is 1. The number of nitrogen functional groups attached to an aromatic ring is 1. The molecule has 1 aromatic heterocycles. The molecule has 4 nitrogen and oxygen atoms in total. The van der Waals surface area contributed by atoms with Gasteiger partial charge in [-0.05, 0) is 25.5 Å². The number of halogens is 3. The molecular formula is C14H14F3N3O. The summed E-state index contributed by atoms with van der Waals surface area (Å²) in [6, 6.07) is 5.71. The Morgan fingerprint density at radius 3 is 2.48 bits per heavy atom. The summed E-state index contributed by atoms with van der Waals surface area (Å²) in [6.45, 7) is 3.66. The first kappa shape index (κ1) is 15.1. The maximum absolute atomic E-state index is 12.4. The lowest BCUT2D eigenvalue weighted by Gasteiger charge is -2.14. The predicted molar refractivity (Wildman–Crippen MR) is 72.7 cm³/mol. The Balaban J connectivity index is 2.55. The van der Waals surface area contributed by atoms with Gasteiger partial charge in [0.25, 0.3) is 0 Å². The molecule has 0 aliphatic heterocycles. The number of nitrogens with zero attached hydrogens (tertiary/aromatic N) is 2. The quantitative estimate of drug-likeness (QED) is 0.942. The van der Waals surface area contributed by atoms with Crippen LogP contribution in [0.1, 0.15) is 18.2 Å². The summed E-state index contributed by atoms with van der Waals surface area (Å²) < 4.78 is 41.3. The molecule has 0 saturated carbocycles. The average Bonchev–Trinajstić information content (AvgIpc) is 2.40. The third-order valence-corrected chi connectivity index (χ3v) is 2.97. The molecule has 0 bridgehead atoms. The van der Waals surface area contributed by atoms with Gasteiger partial charge in [0.05, 0.1) is 5.56 Å². The molecule has 0 aliphatic carbocycles. The average molecular weight is 297 g/mol. The second kappa shape index (κ2) is 5.59. The van der Waals surface area contributed by atoms with Crippen LogP contribution in [0.2, 0.25) is 0 Å². The largest absolute Gasteiger partial charge is 0.573 e. The van der Waals surface area contributed by atoms with Gasteiger partial charge in [-0.25, -0.2) is 9.97 Å². The number of rotatable bonds is 3. The molecule has 21 heavy (non-hydrogen) atoms. The number of aromatic nitrogens is 2. The summed E-state index contributed by atoms with van der Waals surface area (Å²) in [5.74, 6) is 0.0174. The molecule has 0 amide bonds.